The third-order valence-electron chi connectivity index (χ3n) is 3.78. The number of aromatic nitrogens is 2. The lowest BCUT2D eigenvalue weighted by atomic mass is 10.1. The molecule has 2 N–H and O–H groups in total. The summed E-state index contributed by atoms with van der Waals surface area (Å²) < 4.78 is 2.05. The molecule has 0 aliphatic carbocycles. The fourth-order valence-electron chi connectivity index (χ4n) is 2.63. The number of hydrogen-bond donors (Lipinski definition) is 2. The predicted molar refractivity (Wildman–Crippen MR) is 92.7 cm³/mol. The first-order valence-corrected chi connectivity index (χ1v) is 7.71. The number of allylic oxidation sites excluding steroid dienone is 4. The molecule has 0 atom stereocenters. The highest BCUT2D eigenvalue weighted by Crippen LogP contribution is 2.30. The first kappa shape index (κ1) is 14.4. The molecule has 0 fully saturated rings. The van der Waals surface area contributed by atoms with E-state index in [4.69, 9.17) is 0 Å². The number of para-hydroxylation sites is 2. The molecule has 2 aromatic rings. The van der Waals surface area contributed by atoms with Crippen LogP contribution < -0.4 is 10.6 Å². The van der Waals surface area contributed by atoms with Crippen molar-refractivity contribution in [2.75, 3.05) is 17.2 Å². The zero-order chi connectivity index (χ0) is 15.4. The summed E-state index contributed by atoms with van der Waals surface area (Å²) in [4.78, 5) is 0. The quantitative estimate of drug-likeness (QED) is 0.837. The minimum Gasteiger partial charge on any atom is -0.383 e. The third-order valence-corrected chi connectivity index (χ3v) is 3.78. The highest BCUT2D eigenvalue weighted by molar-refractivity contribution is 5.75. The Bertz CT molecular complexity index is 710. The van der Waals surface area contributed by atoms with Gasteiger partial charge in [0.05, 0.1) is 24.1 Å². The molecule has 0 spiro atoms. The normalized spacial score (nSPS) is 14.5. The van der Waals surface area contributed by atoms with Crippen LogP contribution in [-0.2, 0) is 13.0 Å². The van der Waals surface area contributed by atoms with E-state index in [1.54, 1.807) is 0 Å². The van der Waals surface area contributed by atoms with E-state index < -0.39 is 0 Å². The molecule has 2 heterocycles. The van der Waals surface area contributed by atoms with Crippen molar-refractivity contribution in [1.29, 1.82) is 0 Å². The Labute approximate surface area is 131 Å². The van der Waals surface area contributed by atoms with Gasteiger partial charge < -0.3 is 10.6 Å². The fraction of sp³-hybridized carbons (Fsp3) is 0.278. The SMILES string of the molecule is C/C=C\C=C(/C)Cn1ncc2c1Nc1ccccc1NCC2. The molecule has 1 aromatic carbocycles. The van der Waals surface area contributed by atoms with E-state index in [0.29, 0.717) is 0 Å². The summed E-state index contributed by atoms with van der Waals surface area (Å²) in [6.45, 7) is 5.87. The van der Waals surface area contributed by atoms with Gasteiger partial charge in [-0.15, -0.1) is 0 Å². The number of nitrogens with one attached hydrogen (secondary N) is 2. The largest absolute Gasteiger partial charge is 0.383 e. The summed E-state index contributed by atoms with van der Waals surface area (Å²) in [5, 5.41) is 11.6. The summed E-state index contributed by atoms with van der Waals surface area (Å²) in [6, 6.07) is 8.30. The second kappa shape index (κ2) is 6.52. The fourth-order valence-corrected chi connectivity index (χ4v) is 2.63. The van der Waals surface area contributed by atoms with E-state index in [1.165, 1.54) is 11.1 Å². The maximum Gasteiger partial charge on any atom is 0.132 e. The van der Waals surface area contributed by atoms with Gasteiger partial charge in [0, 0.05) is 12.1 Å². The number of benzene rings is 1. The molecule has 1 aliphatic rings. The van der Waals surface area contributed by atoms with Crippen molar-refractivity contribution in [3.05, 3.63) is 59.8 Å². The van der Waals surface area contributed by atoms with Gasteiger partial charge in [-0.3, -0.25) is 0 Å². The summed E-state index contributed by atoms with van der Waals surface area (Å²) in [5.74, 6) is 1.10. The summed E-state index contributed by atoms with van der Waals surface area (Å²) in [6.07, 6.45) is 9.17. The lowest BCUT2D eigenvalue weighted by Gasteiger charge is -2.19. The Morgan fingerprint density at radius 3 is 2.95 bits per heavy atom. The highest BCUT2D eigenvalue weighted by atomic mass is 15.3. The molecule has 1 aliphatic heterocycles. The molecule has 0 radical (unpaired) electrons. The van der Waals surface area contributed by atoms with E-state index in [9.17, 15) is 0 Å². The Balaban J connectivity index is 1.91. The van der Waals surface area contributed by atoms with Crippen LogP contribution in [0.3, 0.4) is 0 Å². The zero-order valence-electron chi connectivity index (χ0n) is 13.1. The molecular formula is C18H22N4. The molecule has 4 nitrogen and oxygen atoms in total. The molecule has 1 aromatic heterocycles. The number of rotatable bonds is 3. The summed E-state index contributed by atoms with van der Waals surface area (Å²) in [5.41, 5.74) is 4.77. The van der Waals surface area contributed by atoms with Crippen molar-refractivity contribution in [3.8, 4) is 0 Å². The molecule has 4 heteroatoms. The standard InChI is InChI=1S/C18H22N4/c1-3-4-7-14(2)13-22-18-15(12-20-22)10-11-19-16-8-5-6-9-17(16)21-18/h3-9,12,19,21H,10-11,13H2,1-2H3/b4-3-,14-7+. The van der Waals surface area contributed by atoms with Crippen LogP contribution in [0.25, 0.3) is 0 Å². The smallest absolute Gasteiger partial charge is 0.132 e. The number of nitrogens with zero attached hydrogens (tertiary/aromatic N) is 2. The van der Waals surface area contributed by atoms with Gasteiger partial charge in [0.25, 0.3) is 0 Å². The highest BCUT2D eigenvalue weighted by Gasteiger charge is 2.15. The minimum atomic E-state index is 0.794. The average molecular weight is 294 g/mol. The second-order valence-corrected chi connectivity index (χ2v) is 5.56. The van der Waals surface area contributed by atoms with Gasteiger partial charge in [0.15, 0.2) is 0 Å². The predicted octanol–water partition coefficient (Wildman–Crippen LogP) is 4.12. The Kier molecular flexibility index (Phi) is 4.28. The topological polar surface area (TPSA) is 41.9 Å². The van der Waals surface area contributed by atoms with Crippen LogP contribution in [0.5, 0.6) is 0 Å². The van der Waals surface area contributed by atoms with Crippen LogP contribution in [0.15, 0.2) is 54.3 Å². The van der Waals surface area contributed by atoms with Crippen molar-refractivity contribution >= 4 is 17.2 Å². The molecular weight excluding hydrogens is 272 g/mol. The monoisotopic (exact) mass is 294 g/mol. The van der Waals surface area contributed by atoms with Gasteiger partial charge >= 0.3 is 0 Å². The van der Waals surface area contributed by atoms with Crippen molar-refractivity contribution in [2.24, 2.45) is 0 Å². The molecule has 0 amide bonds. The van der Waals surface area contributed by atoms with E-state index >= 15 is 0 Å². The Morgan fingerprint density at radius 1 is 1.32 bits per heavy atom. The van der Waals surface area contributed by atoms with E-state index in [2.05, 4.69) is 53.0 Å². The summed E-state index contributed by atoms with van der Waals surface area (Å²) >= 11 is 0. The number of fused-ring (bicyclic) bond motifs is 2. The van der Waals surface area contributed by atoms with E-state index in [1.807, 2.05) is 29.9 Å². The van der Waals surface area contributed by atoms with Crippen LogP contribution in [0.4, 0.5) is 17.2 Å². The minimum absolute atomic E-state index is 0.794. The summed E-state index contributed by atoms with van der Waals surface area (Å²) in [7, 11) is 0. The van der Waals surface area contributed by atoms with Crippen LogP contribution in [0.1, 0.15) is 19.4 Å². The lowest BCUT2D eigenvalue weighted by molar-refractivity contribution is 0.685. The van der Waals surface area contributed by atoms with Gasteiger partial charge in [-0.05, 0) is 32.4 Å². The molecule has 0 saturated heterocycles. The third kappa shape index (κ3) is 3.06. The second-order valence-electron chi connectivity index (χ2n) is 5.56. The van der Waals surface area contributed by atoms with Gasteiger partial charge in [-0.2, -0.15) is 5.10 Å². The maximum atomic E-state index is 4.56. The first-order chi connectivity index (χ1) is 10.8. The number of hydrogen-bond acceptors (Lipinski definition) is 3. The molecule has 0 bridgehead atoms. The van der Waals surface area contributed by atoms with E-state index in [-0.39, 0.29) is 0 Å². The van der Waals surface area contributed by atoms with Crippen molar-refractivity contribution in [2.45, 2.75) is 26.8 Å². The molecule has 0 unspecified atom stereocenters. The zero-order valence-corrected chi connectivity index (χ0v) is 13.1. The van der Waals surface area contributed by atoms with Gasteiger partial charge in [-0.1, -0.05) is 35.9 Å². The molecule has 22 heavy (non-hydrogen) atoms. The average Bonchev–Trinajstić information content (AvgIpc) is 2.86. The van der Waals surface area contributed by atoms with E-state index in [0.717, 1.165) is 36.7 Å². The Hall–Kier alpha value is -2.49. The van der Waals surface area contributed by atoms with Crippen molar-refractivity contribution < 1.29 is 0 Å². The van der Waals surface area contributed by atoms with Crippen molar-refractivity contribution in [1.82, 2.24) is 9.78 Å². The van der Waals surface area contributed by atoms with Crippen LogP contribution in [0.2, 0.25) is 0 Å². The van der Waals surface area contributed by atoms with Crippen LogP contribution >= 0.6 is 0 Å². The van der Waals surface area contributed by atoms with Gasteiger partial charge in [-0.25, -0.2) is 4.68 Å². The molecule has 3 rings (SSSR count). The van der Waals surface area contributed by atoms with Crippen LogP contribution in [-0.4, -0.2) is 16.3 Å². The first-order valence-electron chi connectivity index (χ1n) is 7.71. The van der Waals surface area contributed by atoms with Crippen LogP contribution in [0, 0.1) is 0 Å². The maximum absolute atomic E-state index is 4.56. The van der Waals surface area contributed by atoms with Gasteiger partial charge in [0.2, 0.25) is 0 Å². The number of anilines is 3. The van der Waals surface area contributed by atoms with Gasteiger partial charge in [0.1, 0.15) is 5.82 Å². The molecule has 114 valence electrons. The Morgan fingerprint density at radius 2 is 2.14 bits per heavy atom. The molecule has 0 saturated carbocycles. The van der Waals surface area contributed by atoms with Crippen molar-refractivity contribution in [3.63, 3.8) is 0 Å². The lowest BCUT2D eigenvalue weighted by Crippen LogP contribution is -2.13.